The van der Waals surface area contributed by atoms with Crippen LogP contribution >= 0.6 is 0 Å². The number of carbonyl (C=O) groups excluding carboxylic acids is 2. The zero-order chi connectivity index (χ0) is 24.6. The highest BCUT2D eigenvalue weighted by Gasteiger charge is 2.50. The summed E-state index contributed by atoms with van der Waals surface area (Å²) < 4.78 is 10.4. The number of carbonyl (C=O) groups is 2. The molecule has 0 atom stereocenters. The van der Waals surface area contributed by atoms with Crippen LogP contribution in [0.25, 0.3) is 0 Å². The summed E-state index contributed by atoms with van der Waals surface area (Å²) in [5.74, 6) is -0.672. The molecule has 0 aromatic rings. The second-order valence-electron chi connectivity index (χ2n) is 10.5. The summed E-state index contributed by atoms with van der Waals surface area (Å²) in [4.78, 5) is 24.5. The first-order valence-corrected chi connectivity index (χ1v) is 11.8. The second-order valence-corrected chi connectivity index (χ2v) is 10.5. The molecule has 1 aliphatic carbocycles. The van der Waals surface area contributed by atoms with E-state index in [1.165, 1.54) is 11.1 Å². The number of hydrogen-bond donors (Lipinski definition) is 2. The molecule has 6 nitrogen and oxygen atoms in total. The lowest BCUT2D eigenvalue weighted by Gasteiger charge is -2.36. The van der Waals surface area contributed by atoms with Gasteiger partial charge in [0.2, 0.25) is 0 Å². The Bertz CT molecular complexity index is 983. The third-order valence-corrected chi connectivity index (χ3v) is 6.59. The van der Waals surface area contributed by atoms with Crippen LogP contribution in [0.4, 0.5) is 0 Å². The van der Waals surface area contributed by atoms with Crippen molar-refractivity contribution in [1.29, 1.82) is 0 Å². The lowest BCUT2D eigenvalue weighted by molar-refractivity contribution is -0.138. The van der Waals surface area contributed by atoms with Gasteiger partial charge in [0.25, 0.3) is 0 Å². The topological polar surface area (TPSA) is 76.7 Å². The van der Waals surface area contributed by atoms with Gasteiger partial charge in [0, 0.05) is 34.6 Å². The number of allylic oxidation sites excluding steroid dienone is 5. The first-order valence-electron chi connectivity index (χ1n) is 11.8. The van der Waals surface area contributed by atoms with Crippen LogP contribution in [0.1, 0.15) is 68.2 Å². The molecule has 2 saturated heterocycles. The summed E-state index contributed by atoms with van der Waals surface area (Å²) in [5, 5.41) is 7.04. The first-order chi connectivity index (χ1) is 15.3. The van der Waals surface area contributed by atoms with Crippen LogP contribution in [0.15, 0.2) is 58.0 Å². The zero-order valence-electron chi connectivity index (χ0n) is 21.3. The van der Waals surface area contributed by atoms with Crippen molar-refractivity contribution in [3.8, 4) is 0 Å². The van der Waals surface area contributed by atoms with Gasteiger partial charge >= 0.3 is 11.9 Å². The number of nitrogens with one attached hydrogen (secondary N) is 2. The van der Waals surface area contributed by atoms with E-state index in [-0.39, 0.29) is 28.4 Å². The van der Waals surface area contributed by atoms with Crippen LogP contribution in [0, 0.1) is 5.41 Å². The number of rotatable bonds is 4. The van der Waals surface area contributed by atoms with Crippen LogP contribution in [0.5, 0.6) is 0 Å². The predicted octanol–water partition coefficient (Wildman–Crippen LogP) is 4.61. The third-order valence-electron chi connectivity index (χ3n) is 6.59. The quantitative estimate of drug-likeness (QED) is 0.477. The van der Waals surface area contributed by atoms with Gasteiger partial charge in [0.1, 0.15) is 0 Å². The Morgan fingerprint density at radius 2 is 1.45 bits per heavy atom. The highest BCUT2D eigenvalue weighted by Crippen LogP contribution is 2.55. The molecule has 0 amide bonds. The van der Waals surface area contributed by atoms with Crippen molar-refractivity contribution in [3.05, 3.63) is 58.0 Å². The number of hydrogen-bond acceptors (Lipinski definition) is 6. The van der Waals surface area contributed by atoms with Gasteiger partial charge < -0.3 is 20.1 Å². The molecule has 2 heterocycles. The zero-order valence-corrected chi connectivity index (χ0v) is 21.3. The summed E-state index contributed by atoms with van der Waals surface area (Å²) in [5.41, 5.74) is 5.50. The minimum Gasteiger partial charge on any atom is -0.463 e. The molecule has 0 aromatic carbocycles. The van der Waals surface area contributed by atoms with Crippen molar-refractivity contribution in [1.82, 2.24) is 10.6 Å². The molecular formula is C27H38N2O4. The Labute approximate surface area is 197 Å². The van der Waals surface area contributed by atoms with E-state index < -0.39 is 0 Å². The molecule has 0 saturated carbocycles. The van der Waals surface area contributed by atoms with Gasteiger partial charge in [-0.05, 0) is 79.4 Å². The van der Waals surface area contributed by atoms with Crippen LogP contribution in [-0.2, 0) is 19.1 Å². The average Bonchev–Trinajstić information content (AvgIpc) is 3.12. The van der Waals surface area contributed by atoms with Gasteiger partial charge in [-0.15, -0.1) is 0 Å². The fourth-order valence-electron chi connectivity index (χ4n) is 5.38. The highest BCUT2D eigenvalue weighted by atomic mass is 16.5. The van der Waals surface area contributed by atoms with Gasteiger partial charge in [0.15, 0.2) is 0 Å². The average molecular weight is 455 g/mol. The summed E-state index contributed by atoms with van der Waals surface area (Å²) in [7, 11) is 0. The smallest absolute Gasteiger partial charge is 0.332 e. The predicted molar refractivity (Wildman–Crippen MR) is 130 cm³/mol. The minimum absolute atomic E-state index is 0.162. The maximum atomic E-state index is 12.3. The lowest BCUT2D eigenvalue weighted by atomic mass is 9.66. The summed E-state index contributed by atoms with van der Waals surface area (Å²) in [6, 6.07) is 0. The van der Waals surface area contributed by atoms with E-state index in [0.717, 1.165) is 35.4 Å². The Morgan fingerprint density at radius 3 is 2.00 bits per heavy atom. The lowest BCUT2D eigenvalue weighted by Crippen LogP contribution is -2.31. The molecule has 0 unspecified atom stereocenters. The van der Waals surface area contributed by atoms with Crippen LogP contribution < -0.4 is 10.6 Å². The third kappa shape index (κ3) is 4.94. The van der Waals surface area contributed by atoms with Crippen LogP contribution in [-0.4, -0.2) is 36.2 Å². The van der Waals surface area contributed by atoms with Crippen molar-refractivity contribution >= 4 is 11.9 Å². The maximum absolute atomic E-state index is 12.3. The summed E-state index contributed by atoms with van der Waals surface area (Å²) in [6.07, 6.45) is 9.21. The molecule has 6 heteroatoms. The van der Waals surface area contributed by atoms with E-state index in [0.29, 0.717) is 13.2 Å². The minimum atomic E-state index is -0.382. The van der Waals surface area contributed by atoms with Gasteiger partial charge in [-0.25, -0.2) is 9.59 Å². The molecule has 0 aromatic heterocycles. The molecule has 2 N–H and O–H groups in total. The molecule has 3 aliphatic rings. The van der Waals surface area contributed by atoms with Crippen molar-refractivity contribution in [2.75, 3.05) is 13.2 Å². The normalized spacial score (nSPS) is 27.9. The van der Waals surface area contributed by atoms with Crippen LogP contribution in [0.3, 0.4) is 0 Å². The molecule has 2 aliphatic heterocycles. The largest absolute Gasteiger partial charge is 0.463 e. The van der Waals surface area contributed by atoms with E-state index in [1.54, 1.807) is 19.1 Å². The standard InChI is InChI=1S/C27H38N2O4/c1-9-32-23(30)13-21-20(15-25(5,6)28-21)19-11-17(3)27(18(4)12-19)16-26(7,8)29-22(27)14-24(31)33-10-2/h11-14,28-29H,9-10,15-16H2,1-8H3. The van der Waals surface area contributed by atoms with Crippen molar-refractivity contribution in [3.63, 3.8) is 0 Å². The van der Waals surface area contributed by atoms with Gasteiger partial charge in [-0.3, -0.25) is 0 Å². The molecule has 0 radical (unpaired) electrons. The number of esters is 2. The summed E-state index contributed by atoms with van der Waals surface area (Å²) >= 11 is 0. The second kappa shape index (κ2) is 8.88. The van der Waals surface area contributed by atoms with Gasteiger partial charge in [-0.2, -0.15) is 0 Å². The number of ether oxygens (including phenoxy) is 2. The Morgan fingerprint density at radius 1 is 0.909 bits per heavy atom. The van der Waals surface area contributed by atoms with Crippen molar-refractivity contribution in [2.45, 2.75) is 79.3 Å². The first kappa shape index (κ1) is 24.9. The molecule has 1 spiro atoms. The van der Waals surface area contributed by atoms with E-state index in [1.807, 2.05) is 6.92 Å². The summed E-state index contributed by atoms with van der Waals surface area (Å²) in [6.45, 7) is 17.1. The fourth-order valence-corrected chi connectivity index (χ4v) is 5.38. The molecule has 2 fully saturated rings. The molecule has 0 bridgehead atoms. The van der Waals surface area contributed by atoms with Crippen molar-refractivity contribution < 1.29 is 19.1 Å². The van der Waals surface area contributed by atoms with E-state index >= 15 is 0 Å². The Hall–Kier alpha value is -2.76. The Balaban J connectivity index is 2.11. The fraction of sp³-hybridized carbons (Fsp3) is 0.556. The molecule has 180 valence electrons. The van der Waals surface area contributed by atoms with E-state index in [4.69, 9.17) is 9.47 Å². The van der Waals surface area contributed by atoms with Gasteiger partial charge in [-0.1, -0.05) is 23.3 Å². The maximum Gasteiger partial charge on any atom is 0.332 e. The SMILES string of the molecule is CCOC(=O)C=C1NC(C)(C)CC1=C1C=C(C)C2(CC(C)(C)NC2=CC(=O)OCC)C(C)=C1. The molecule has 33 heavy (non-hydrogen) atoms. The molecular weight excluding hydrogens is 416 g/mol. The van der Waals surface area contributed by atoms with Crippen molar-refractivity contribution in [2.24, 2.45) is 5.41 Å². The monoisotopic (exact) mass is 454 g/mol. The van der Waals surface area contributed by atoms with E-state index in [2.05, 4.69) is 64.3 Å². The van der Waals surface area contributed by atoms with Gasteiger partial charge in [0.05, 0.1) is 18.6 Å². The molecule has 3 rings (SSSR count). The Kier molecular flexibility index (Phi) is 6.69. The van der Waals surface area contributed by atoms with Crippen LogP contribution in [0.2, 0.25) is 0 Å². The highest BCUT2D eigenvalue weighted by molar-refractivity contribution is 5.85. The van der Waals surface area contributed by atoms with E-state index in [9.17, 15) is 9.59 Å².